The largest absolute Gasteiger partial charge is 0.496 e. The van der Waals surface area contributed by atoms with Gasteiger partial charge in [-0.25, -0.2) is 0 Å². The van der Waals surface area contributed by atoms with Crippen molar-refractivity contribution in [2.75, 3.05) is 14.2 Å². The van der Waals surface area contributed by atoms with Crippen LogP contribution in [0.4, 0.5) is 0 Å². The van der Waals surface area contributed by atoms with Crippen molar-refractivity contribution < 1.29 is 18.9 Å². The molecule has 0 spiro atoms. The van der Waals surface area contributed by atoms with Crippen LogP contribution in [0, 0.1) is 69.2 Å². The molecule has 0 fully saturated rings. The molecule has 0 bridgehead atoms. The Morgan fingerprint density at radius 3 is 0.758 bits per heavy atom. The molecular formula is C60H60O4P2. The number of benzene rings is 8. The molecule has 66 heavy (non-hydrogen) atoms. The highest BCUT2D eigenvalue weighted by Gasteiger charge is 2.35. The van der Waals surface area contributed by atoms with Crippen molar-refractivity contribution in [1.29, 1.82) is 0 Å². The van der Waals surface area contributed by atoms with Crippen LogP contribution in [-0.2, 0) is 0 Å². The first kappa shape index (κ1) is 46.4. The molecule has 8 rings (SSSR count). The lowest BCUT2D eigenvalue weighted by Gasteiger charge is -2.31. The minimum atomic E-state index is -1.33. The second-order valence-electron chi connectivity index (χ2n) is 17.9. The highest BCUT2D eigenvalue weighted by molar-refractivity contribution is 7.81. The zero-order chi connectivity index (χ0) is 46.8. The van der Waals surface area contributed by atoms with Crippen LogP contribution in [0.1, 0.15) is 55.6 Å². The first-order valence-corrected chi connectivity index (χ1v) is 25.2. The van der Waals surface area contributed by atoms with E-state index in [-0.39, 0.29) is 0 Å². The van der Waals surface area contributed by atoms with Gasteiger partial charge in [-0.1, -0.05) is 153 Å². The van der Waals surface area contributed by atoms with E-state index in [1.165, 1.54) is 65.7 Å². The molecule has 0 aliphatic rings. The van der Waals surface area contributed by atoms with E-state index in [2.05, 4.69) is 215 Å². The van der Waals surface area contributed by atoms with Gasteiger partial charge in [0.15, 0.2) is 0 Å². The quantitative estimate of drug-likeness (QED) is 0.108. The van der Waals surface area contributed by atoms with Crippen molar-refractivity contribution in [2.45, 2.75) is 69.2 Å². The summed E-state index contributed by atoms with van der Waals surface area (Å²) < 4.78 is 27.7. The fraction of sp³-hybridized carbons (Fsp3) is 0.200. The predicted molar refractivity (Wildman–Crippen MR) is 283 cm³/mol. The summed E-state index contributed by atoms with van der Waals surface area (Å²) in [5.74, 6) is 4.43. The Balaban J connectivity index is 1.60. The summed E-state index contributed by atoms with van der Waals surface area (Å²) in [4.78, 5) is 0. The number of ether oxygens (including phenoxy) is 4. The number of rotatable bonds is 13. The van der Waals surface area contributed by atoms with Gasteiger partial charge in [-0.2, -0.15) is 0 Å². The Labute approximate surface area is 395 Å². The highest BCUT2D eigenvalue weighted by atomic mass is 31.1. The normalized spacial score (nSPS) is 11.3. The smallest absolute Gasteiger partial charge is 0.136 e. The van der Waals surface area contributed by atoms with E-state index in [1.54, 1.807) is 14.2 Å². The van der Waals surface area contributed by atoms with Crippen molar-refractivity contribution in [3.63, 3.8) is 0 Å². The summed E-state index contributed by atoms with van der Waals surface area (Å²) in [6.07, 6.45) is 0. The lowest BCUT2D eigenvalue weighted by atomic mass is 10.0. The van der Waals surface area contributed by atoms with Crippen molar-refractivity contribution in [3.8, 4) is 45.6 Å². The fourth-order valence-corrected chi connectivity index (χ4v) is 15.0. The Hall–Kier alpha value is -6.18. The second-order valence-corrected chi connectivity index (χ2v) is 22.2. The van der Waals surface area contributed by atoms with Crippen molar-refractivity contribution in [1.82, 2.24) is 0 Å². The molecule has 0 aromatic heterocycles. The maximum Gasteiger partial charge on any atom is 0.136 e. The van der Waals surface area contributed by atoms with Crippen LogP contribution >= 0.6 is 15.8 Å². The topological polar surface area (TPSA) is 36.9 Å². The molecule has 0 saturated heterocycles. The van der Waals surface area contributed by atoms with Crippen molar-refractivity contribution >= 4 is 47.7 Å². The summed E-state index contributed by atoms with van der Waals surface area (Å²) in [6, 6.07) is 52.7. The Kier molecular flexibility index (Phi) is 13.9. The summed E-state index contributed by atoms with van der Waals surface area (Å²) >= 11 is 0. The fourth-order valence-electron chi connectivity index (χ4n) is 9.14. The first-order valence-electron chi connectivity index (χ1n) is 22.5. The standard InChI is InChI=1S/C60H60O4P2/c1-37-13-17-47(18-14-37)63-55-23-21-53(61-11)57(59(55)65(49-29-39(3)25-40(4)30-49)50-31-41(5)26-42(6)32-50)58-54(62-12)22-24-56(64-48-19-15-38(2)16-20-48)60(58)66(51-33-43(7)27-44(8)34-51)52-35-45(9)28-46(10)36-52/h13-36H,1-12H3. The number of methoxy groups -OCH3 is 2. The van der Waals surface area contributed by atoms with Gasteiger partial charge in [-0.3, -0.25) is 0 Å². The molecular weight excluding hydrogens is 847 g/mol. The summed E-state index contributed by atoms with van der Waals surface area (Å²) in [5, 5.41) is 6.93. The maximum atomic E-state index is 7.21. The van der Waals surface area contributed by atoms with Crippen LogP contribution in [0.25, 0.3) is 11.1 Å². The molecule has 0 N–H and O–H groups in total. The van der Waals surface area contributed by atoms with E-state index >= 15 is 0 Å². The average Bonchev–Trinajstić information content (AvgIpc) is 3.25. The van der Waals surface area contributed by atoms with Crippen LogP contribution in [-0.4, -0.2) is 14.2 Å². The molecule has 4 nitrogen and oxygen atoms in total. The monoisotopic (exact) mass is 906 g/mol. The third-order valence-electron chi connectivity index (χ3n) is 11.7. The van der Waals surface area contributed by atoms with E-state index in [4.69, 9.17) is 18.9 Å². The molecule has 334 valence electrons. The average molecular weight is 907 g/mol. The van der Waals surface area contributed by atoms with Gasteiger partial charge in [0.2, 0.25) is 0 Å². The van der Waals surface area contributed by atoms with Gasteiger partial charge in [0.25, 0.3) is 0 Å². The molecule has 0 atom stereocenters. The van der Waals surface area contributed by atoms with Crippen LogP contribution in [0.2, 0.25) is 0 Å². The van der Waals surface area contributed by atoms with Crippen LogP contribution in [0.15, 0.2) is 146 Å². The number of aryl methyl sites for hydroxylation is 10. The first-order chi connectivity index (χ1) is 31.7. The molecule has 8 aromatic carbocycles. The van der Waals surface area contributed by atoms with E-state index in [0.717, 1.165) is 55.9 Å². The van der Waals surface area contributed by atoms with Crippen molar-refractivity contribution in [2.24, 2.45) is 0 Å². The lowest BCUT2D eigenvalue weighted by molar-refractivity contribution is 0.409. The Morgan fingerprint density at radius 2 is 0.515 bits per heavy atom. The maximum absolute atomic E-state index is 7.21. The molecule has 0 aliphatic carbocycles. The number of hydrogen-bond acceptors (Lipinski definition) is 4. The summed E-state index contributed by atoms with van der Waals surface area (Å²) in [6.45, 7) is 21.7. The van der Waals surface area contributed by atoms with Gasteiger partial charge in [0, 0.05) is 21.7 Å². The molecule has 0 aliphatic heterocycles. The molecule has 0 heterocycles. The Bertz CT molecular complexity index is 2670. The molecule has 0 unspecified atom stereocenters. The molecule has 0 amide bonds. The van der Waals surface area contributed by atoms with Gasteiger partial charge in [0.1, 0.15) is 34.5 Å². The van der Waals surface area contributed by atoms with Gasteiger partial charge < -0.3 is 18.9 Å². The molecule has 0 radical (unpaired) electrons. The van der Waals surface area contributed by atoms with Gasteiger partial charge >= 0.3 is 0 Å². The predicted octanol–water partition coefficient (Wildman–Crippen LogP) is 13.6. The lowest BCUT2D eigenvalue weighted by Crippen LogP contribution is -2.28. The molecule has 6 heteroatoms. The molecule has 0 saturated carbocycles. The van der Waals surface area contributed by atoms with Crippen LogP contribution in [0.3, 0.4) is 0 Å². The Morgan fingerprint density at radius 1 is 0.273 bits per heavy atom. The number of hydrogen-bond donors (Lipinski definition) is 0. The highest BCUT2D eigenvalue weighted by Crippen LogP contribution is 2.52. The minimum absolute atomic E-state index is 0.713. The van der Waals surface area contributed by atoms with E-state index < -0.39 is 15.8 Å². The van der Waals surface area contributed by atoms with Crippen LogP contribution in [0.5, 0.6) is 34.5 Å². The third kappa shape index (κ3) is 10.1. The van der Waals surface area contributed by atoms with Gasteiger partial charge in [0.05, 0.1) is 14.2 Å². The summed E-state index contributed by atoms with van der Waals surface area (Å²) in [5.41, 5.74) is 13.8. The van der Waals surface area contributed by atoms with Gasteiger partial charge in [-0.15, -0.1) is 0 Å². The van der Waals surface area contributed by atoms with E-state index in [9.17, 15) is 0 Å². The minimum Gasteiger partial charge on any atom is -0.496 e. The van der Waals surface area contributed by atoms with Gasteiger partial charge in [-0.05, 0) is 155 Å². The molecule has 8 aromatic rings. The second kappa shape index (κ2) is 19.7. The van der Waals surface area contributed by atoms with Crippen LogP contribution < -0.4 is 50.8 Å². The SMILES string of the molecule is COc1ccc(Oc2ccc(C)cc2)c(P(c2cc(C)cc(C)c2)c2cc(C)cc(C)c2)c1-c1c(OC)ccc(Oc2ccc(C)cc2)c1P(c1cc(C)cc(C)c1)c1cc(C)cc(C)c1. The zero-order valence-corrected chi connectivity index (χ0v) is 42.2. The third-order valence-corrected chi connectivity index (χ3v) is 16.6. The zero-order valence-electron chi connectivity index (χ0n) is 40.4. The van der Waals surface area contributed by atoms with E-state index in [1.807, 2.05) is 0 Å². The van der Waals surface area contributed by atoms with Crippen molar-refractivity contribution in [3.05, 3.63) is 201 Å². The van der Waals surface area contributed by atoms with E-state index in [0.29, 0.717) is 11.5 Å². The summed E-state index contributed by atoms with van der Waals surface area (Å²) in [7, 11) is 0.876.